The maximum absolute atomic E-state index is 10.8. The number of halogens is 3. The molecule has 19 heavy (non-hydrogen) atoms. The van der Waals surface area contributed by atoms with E-state index in [9.17, 15) is 18.0 Å². The molecule has 5 N–H and O–H groups in total. The zero-order valence-corrected chi connectivity index (χ0v) is 9.89. The molecule has 7 nitrogen and oxygen atoms in total. The smallest absolute Gasteiger partial charge is 0.475 e. The van der Waals surface area contributed by atoms with Crippen LogP contribution in [0.5, 0.6) is 0 Å². The van der Waals surface area contributed by atoms with Gasteiger partial charge < -0.3 is 25.8 Å². The number of hydrogen-bond acceptors (Lipinski definition) is 6. The number of esters is 1. The first-order valence-corrected chi connectivity index (χ1v) is 5.09. The van der Waals surface area contributed by atoms with Gasteiger partial charge in [-0.05, 0) is 13.0 Å². The number of ether oxygens (including phenoxy) is 1. The lowest BCUT2D eigenvalue weighted by atomic mass is 10.3. The van der Waals surface area contributed by atoms with E-state index in [1.54, 1.807) is 0 Å². The van der Waals surface area contributed by atoms with Crippen molar-refractivity contribution in [3.8, 4) is 0 Å². The van der Waals surface area contributed by atoms with Crippen molar-refractivity contribution in [3.63, 3.8) is 0 Å². The topological polar surface area (TPSA) is 130 Å². The minimum Gasteiger partial charge on any atom is -0.475 e. The third kappa shape index (κ3) is 14.6. The van der Waals surface area contributed by atoms with Crippen LogP contribution in [0.4, 0.5) is 13.2 Å². The lowest BCUT2D eigenvalue weighted by molar-refractivity contribution is -0.192. The summed E-state index contributed by atoms with van der Waals surface area (Å²) < 4.78 is 36.3. The molecule has 0 amide bonds. The van der Waals surface area contributed by atoms with E-state index in [1.807, 2.05) is 0 Å². The molecule has 0 aliphatic carbocycles. The zero-order valence-electron chi connectivity index (χ0n) is 9.89. The Labute approximate surface area is 106 Å². The van der Waals surface area contributed by atoms with Crippen LogP contribution in [0.2, 0.25) is 0 Å². The molecular weight excluding hydrogens is 275 g/mol. The second-order valence-electron chi connectivity index (χ2n) is 3.21. The zero-order chi connectivity index (χ0) is 15.5. The lowest BCUT2D eigenvalue weighted by Gasteiger charge is -2.07. The highest BCUT2D eigenvalue weighted by atomic mass is 19.4. The Morgan fingerprint density at radius 3 is 2.11 bits per heavy atom. The maximum atomic E-state index is 10.8. The monoisotopic (exact) mass is 291 g/mol. The Morgan fingerprint density at radius 2 is 1.79 bits per heavy atom. The highest BCUT2D eigenvalue weighted by Crippen LogP contribution is 2.13. The lowest BCUT2D eigenvalue weighted by Crippen LogP contribution is -2.22. The number of carboxylic acids is 1. The van der Waals surface area contributed by atoms with Crippen LogP contribution in [0.1, 0.15) is 12.8 Å². The van der Waals surface area contributed by atoms with E-state index in [0.717, 1.165) is 0 Å². The van der Waals surface area contributed by atoms with Gasteiger partial charge in [0.25, 0.3) is 0 Å². The third-order valence-electron chi connectivity index (χ3n) is 1.47. The van der Waals surface area contributed by atoms with Crippen LogP contribution in [-0.2, 0) is 14.3 Å². The summed E-state index contributed by atoms with van der Waals surface area (Å²) in [5.74, 6) is -3.15. The van der Waals surface area contributed by atoms with Gasteiger partial charge in [0.15, 0.2) is 0 Å². The van der Waals surface area contributed by atoms with E-state index in [-0.39, 0.29) is 13.0 Å². The van der Waals surface area contributed by atoms with Crippen molar-refractivity contribution in [1.29, 1.82) is 0 Å². The summed E-state index contributed by atoms with van der Waals surface area (Å²) in [5.41, 5.74) is 5.16. The van der Waals surface area contributed by atoms with Gasteiger partial charge in [0.05, 0.1) is 6.61 Å². The van der Waals surface area contributed by atoms with E-state index in [1.165, 1.54) is 0 Å². The second-order valence-corrected chi connectivity index (χ2v) is 3.21. The summed E-state index contributed by atoms with van der Waals surface area (Å²) in [5, 5.41) is 24.3. The van der Waals surface area contributed by atoms with Gasteiger partial charge in [0, 0.05) is 6.42 Å². The predicted molar refractivity (Wildman–Crippen MR) is 56.0 cm³/mol. The summed E-state index contributed by atoms with van der Waals surface area (Å²) in [4.78, 5) is 19.6. The molecule has 0 heterocycles. The highest BCUT2D eigenvalue weighted by Gasteiger charge is 2.38. The number of carbonyl (C=O) groups excluding carboxylic acids is 1. The summed E-state index contributed by atoms with van der Waals surface area (Å²) >= 11 is 0. The average molecular weight is 291 g/mol. The van der Waals surface area contributed by atoms with Gasteiger partial charge in [0.1, 0.15) is 12.7 Å². The molecule has 114 valence electrons. The minimum absolute atomic E-state index is 0.153. The first-order chi connectivity index (χ1) is 8.65. The van der Waals surface area contributed by atoms with Crippen LogP contribution < -0.4 is 5.73 Å². The fourth-order valence-electron chi connectivity index (χ4n) is 0.560. The van der Waals surface area contributed by atoms with Crippen molar-refractivity contribution in [2.24, 2.45) is 5.73 Å². The number of aliphatic hydroxyl groups excluding tert-OH is 2. The van der Waals surface area contributed by atoms with E-state index < -0.39 is 30.8 Å². The standard InChI is InChI=1S/C7H15NO4.C2HF3O2/c8-3-1-2-7(11)12-5-6(10)4-9;3-2(4,5)1(6)7/h6,9-10H,1-5,8H2;(H,6,7). The Balaban J connectivity index is 0. The molecule has 0 aromatic heterocycles. The summed E-state index contributed by atoms with van der Waals surface area (Å²) in [6.45, 7) is -0.109. The van der Waals surface area contributed by atoms with Crippen molar-refractivity contribution >= 4 is 11.9 Å². The van der Waals surface area contributed by atoms with E-state index in [4.69, 9.17) is 25.8 Å². The summed E-state index contributed by atoms with van der Waals surface area (Å²) in [6, 6.07) is 0. The molecule has 0 aliphatic heterocycles. The van der Waals surface area contributed by atoms with Crippen LogP contribution in [0.25, 0.3) is 0 Å². The fourth-order valence-corrected chi connectivity index (χ4v) is 0.560. The molecule has 0 aromatic carbocycles. The Hall–Kier alpha value is -1.39. The highest BCUT2D eigenvalue weighted by molar-refractivity contribution is 5.73. The van der Waals surface area contributed by atoms with E-state index in [2.05, 4.69) is 4.74 Å². The van der Waals surface area contributed by atoms with Gasteiger partial charge in [-0.2, -0.15) is 13.2 Å². The molecule has 0 radical (unpaired) electrons. The normalized spacial score (nSPS) is 12.1. The SMILES string of the molecule is NCCCC(=O)OCC(O)CO.O=C(O)C(F)(F)F. The first kappa shape index (κ1) is 19.9. The Bertz CT molecular complexity index is 271. The fraction of sp³-hybridized carbons (Fsp3) is 0.778. The molecule has 0 saturated carbocycles. The van der Waals surface area contributed by atoms with E-state index in [0.29, 0.717) is 13.0 Å². The predicted octanol–water partition coefficient (Wildman–Crippen LogP) is -0.745. The van der Waals surface area contributed by atoms with Crippen LogP contribution in [0.15, 0.2) is 0 Å². The van der Waals surface area contributed by atoms with Gasteiger partial charge in [-0.1, -0.05) is 0 Å². The number of aliphatic carboxylic acids is 1. The molecule has 10 heteroatoms. The van der Waals surface area contributed by atoms with Crippen LogP contribution in [0.3, 0.4) is 0 Å². The molecule has 0 fully saturated rings. The number of alkyl halides is 3. The Morgan fingerprint density at radius 1 is 1.32 bits per heavy atom. The van der Waals surface area contributed by atoms with E-state index >= 15 is 0 Å². The van der Waals surface area contributed by atoms with Crippen LogP contribution in [0, 0.1) is 0 Å². The first-order valence-electron chi connectivity index (χ1n) is 5.09. The molecule has 0 aromatic rings. The quantitative estimate of drug-likeness (QED) is 0.474. The second kappa shape index (κ2) is 10.5. The van der Waals surface area contributed by atoms with Gasteiger partial charge in [-0.25, -0.2) is 4.79 Å². The molecular formula is C9H16F3NO6. The molecule has 0 saturated heterocycles. The van der Waals surface area contributed by atoms with Crippen molar-refractivity contribution in [2.75, 3.05) is 19.8 Å². The number of aliphatic hydroxyl groups is 2. The van der Waals surface area contributed by atoms with Crippen molar-refractivity contribution < 1.29 is 42.8 Å². The number of rotatable bonds is 6. The summed E-state index contributed by atoms with van der Waals surface area (Å²) in [7, 11) is 0. The van der Waals surface area contributed by atoms with Gasteiger partial charge in [-0.15, -0.1) is 0 Å². The van der Waals surface area contributed by atoms with Crippen molar-refractivity contribution in [3.05, 3.63) is 0 Å². The molecule has 0 rings (SSSR count). The van der Waals surface area contributed by atoms with Crippen molar-refractivity contribution in [1.82, 2.24) is 0 Å². The maximum Gasteiger partial charge on any atom is 0.490 e. The van der Waals surface area contributed by atoms with Crippen molar-refractivity contribution in [2.45, 2.75) is 25.1 Å². The number of hydrogen-bond donors (Lipinski definition) is 4. The molecule has 0 spiro atoms. The largest absolute Gasteiger partial charge is 0.490 e. The summed E-state index contributed by atoms with van der Waals surface area (Å²) in [6.07, 6.45) is -5.23. The Kier molecular flexibility index (Phi) is 11.0. The van der Waals surface area contributed by atoms with Gasteiger partial charge >= 0.3 is 18.1 Å². The third-order valence-corrected chi connectivity index (χ3v) is 1.47. The van der Waals surface area contributed by atoms with Crippen LogP contribution >= 0.6 is 0 Å². The molecule has 1 unspecified atom stereocenters. The number of nitrogens with two attached hydrogens (primary N) is 1. The molecule has 1 atom stereocenters. The van der Waals surface area contributed by atoms with Gasteiger partial charge in [0.2, 0.25) is 0 Å². The average Bonchev–Trinajstić information content (AvgIpc) is 2.32. The minimum atomic E-state index is -5.08. The molecule has 0 aliphatic rings. The van der Waals surface area contributed by atoms with Crippen LogP contribution in [-0.4, -0.2) is 59.3 Å². The molecule has 0 bridgehead atoms. The van der Waals surface area contributed by atoms with Gasteiger partial charge in [-0.3, -0.25) is 4.79 Å². The number of carboxylic acid groups (broad SMARTS) is 1. The number of carbonyl (C=O) groups is 2.